The summed E-state index contributed by atoms with van der Waals surface area (Å²) in [4.78, 5) is 11.3. The first kappa shape index (κ1) is 24.1. The number of H-pyrrole nitrogens is 1. The third kappa shape index (κ3) is 5.01. The molecule has 1 aromatic carbocycles. The molecule has 1 N–H and O–H groups in total. The van der Waals surface area contributed by atoms with Gasteiger partial charge in [0.05, 0.1) is 10.6 Å². The molecule has 11 heteroatoms. The number of hydrogen-bond donors (Lipinski definition) is 1. The molecule has 1 saturated heterocycles. The number of benzene rings is 1. The Morgan fingerprint density at radius 2 is 1.78 bits per heavy atom. The van der Waals surface area contributed by atoms with Gasteiger partial charge in [0.1, 0.15) is 36.0 Å². The molecule has 2 aliphatic heterocycles. The average Bonchev–Trinajstić information content (AvgIpc) is 3.57. The number of aromatic amines is 1. The highest BCUT2D eigenvalue weighted by atomic mass is 32.2. The van der Waals surface area contributed by atoms with Crippen LogP contribution >= 0.6 is 0 Å². The Morgan fingerprint density at radius 1 is 1.08 bits per heavy atom. The van der Waals surface area contributed by atoms with E-state index in [4.69, 9.17) is 14.2 Å². The smallest absolute Gasteiger partial charge is 0.275 e. The molecule has 1 fully saturated rings. The summed E-state index contributed by atoms with van der Waals surface area (Å²) >= 11 is 0. The van der Waals surface area contributed by atoms with Crippen molar-refractivity contribution < 1.29 is 22.6 Å². The second kappa shape index (κ2) is 9.81. The zero-order valence-corrected chi connectivity index (χ0v) is 21.2. The number of hydrogen-bond acceptors (Lipinski definition) is 9. The molecular weight excluding hydrogens is 482 g/mol. The monoisotopic (exact) mass is 511 g/mol. The molecule has 0 aliphatic carbocycles. The van der Waals surface area contributed by atoms with Gasteiger partial charge in [-0.1, -0.05) is 13.8 Å². The molecule has 3 aromatic rings. The summed E-state index contributed by atoms with van der Waals surface area (Å²) < 4.78 is 40.9. The van der Waals surface area contributed by atoms with Crippen LogP contribution in [-0.4, -0.2) is 47.9 Å². The van der Waals surface area contributed by atoms with E-state index < -0.39 is 16.1 Å². The van der Waals surface area contributed by atoms with Gasteiger partial charge in [0.2, 0.25) is 5.88 Å². The molecule has 190 valence electrons. The Labute approximate surface area is 210 Å². The maximum Gasteiger partial charge on any atom is 0.275 e. The van der Waals surface area contributed by atoms with Gasteiger partial charge >= 0.3 is 0 Å². The Kier molecular flexibility index (Phi) is 6.57. The van der Waals surface area contributed by atoms with Gasteiger partial charge in [0.15, 0.2) is 9.84 Å². The van der Waals surface area contributed by atoms with Gasteiger partial charge < -0.3 is 19.1 Å². The SMILES string of the molecule is CC(C)c1cc(C2CCN(c3ncnc(Oc4ccc(S(C)(=O)=O)cc4)c3C3OC=CO3)CC2)[nH]n1. The van der Waals surface area contributed by atoms with E-state index in [2.05, 4.69) is 45.0 Å². The molecule has 4 heterocycles. The third-order valence-electron chi connectivity index (χ3n) is 6.43. The van der Waals surface area contributed by atoms with Crippen LogP contribution in [0.5, 0.6) is 11.6 Å². The fraction of sp³-hybridized carbons (Fsp3) is 0.400. The van der Waals surface area contributed by atoms with Gasteiger partial charge in [0.25, 0.3) is 6.29 Å². The van der Waals surface area contributed by atoms with Crippen molar-refractivity contribution >= 4 is 15.7 Å². The highest BCUT2D eigenvalue weighted by Gasteiger charge is 2.32. The van der Waals surface area contributed by atoms with Crippen LogP contribution in [0.25, 0.3) is 0 Å². The van der Waals surface area contributed by atoms with E-state index >= 15 is 0 Å². The van der Waals surface area contributed by atoms with Crippen LogP contribution in [0.15, 0.2) is 54.1 Å². The van der Waals surface area contributed by atoms with E-state index in [-0.39, 0.29) is 10.8 Å². The molecule has 5 rings (SSSR count). The summed E-state index contributed by atoms with van der Waals surface area (Å²) in [6.45, 7) is 5.85. The number of piperidine rings is 1. The molecule has 0 amide bonds. The van der Waals surface area contributed by atoms with Crippen molar-refractivity contribution in [3.8, 4) is 11.6 Å². The minimum atomic E-state index is -3.30. The summed E-state index contributed by atoms with van der Waals surface area (Å²) in [5, 5.41) is 7.67. The van der Waals surface area contributed by atoms with E-state index in [0.717, 1.165) is 37.9 Å². The van der Waals surface area contributed by atoms with E-state index in [1.807, 2.05) is 0 Å². The van der Waals surface area contributed by atoms with Crippen molar-refractivity contribution in [2.75, 3.05) is 24.2 Å². The van der Waals surface area contributed by atoms with Crippen molar-refractivity contribution in [1.29, 1.82) is 0 Å². The zero-order chi connectivity index (χ0) is 25.3. The highest BCUT2D eigenvalue weighted by molar-refractivity contribution is 7.90. The van der Waals surface area contributed by atoms with Crippen molar-refractivity contribution in [2.45, 2.75) is 49.7 Å². The lowest BCUT2D eigenvalue weighted by Gasteiger charge is -2.34. The molecule has 0 radical (unpaired) electrons. The highest BCUT2D eigenvalue weighted by Crippen LogP contribution is 2.40. The summed E-state index contributed by atoms with van der Waals surface area (Å²) in [6, 6.07) is 8.37. The summed E-state index contributed by atoms with van der Waals surface area (Å²) in [6.07, 6.45) is 6.71. The van der Waals surface area contributed by atoms with Crippen LogP contribution in [-0.2, 0) is 19.3 Å². The second-order valence-corrected chi connectivity index (χ2v) is 11.3. The number of ether oxygens (including phenoxy) is 3. The van der Waals surface area contributed by atoms with Crippen molar-refractivity contribution in [2.24, 2.45) is 0 Å². The molecule has 36 heavy (non-hydrogen) atoms. The quantitative estimate of drug-likeness (QED) is 0.491. The van der Waals surface area contributed by atoms with Crippen LogP contribution in [0.4, 0.5) is 5.82 Å². The van der Waals surface area contributed by atoms with Crippen LogP contribution in [0.3, 0.4) is 0 Å². The van der Waals surface area contributed by atoms with E-state index in [0.29, 0.717) is 29.0 Å². The first-order chi connectivity index (χ1) is 17.3. The number of rotatable bonds is 7. The molecule has 0 spiro atoms. The van der Waals surface area contributed by atoms with E-state index in [1.54, 1.807) is 12.1 Å². The lowest BCUT2D eigenvalue weighted by atomic mass is 9.92. The molecule has 2 aliphatic rings. The maximum absolute atomic E-state index is 11.8. The van der Waals surface area contributed by atoms with Gasteiger partial charge in [-0.05, 0) is 49.1 Å². The minimum absolute atomic E-state index is 0.214. The van der Waals surface area contributed by atoms with Gasteiger partial charge in [-0.25, -0.2) is 18.4 Å². The minimum Gasteiger partial charge on any atom is -0.455 e. The van der Waals surface area contributed by atoms with Crippen LogP contribution in [0.2, 0.25) is 0 Å². The molecule has 0 bridgehead atoms. The van der Waals surface area contributed by atoms with Crippen molar-refractivity contribution in [1.82, 2.24) is 20.2 Å². The van der Waals surface area contributed by atoms with Gasteiger partial charge in [-0.2, -0.15) is 5.10 Å². The van der Waals surface area contributed by atoms with E-state index in [9.17, 15) is 8.42 Å². The van der Waals surface area contributed by atoms with Crippen LogP contribution < -0.4 is 9.64 Å². The number of nitrogens with one attached hydrogen (secondary N) is 1. The van der Waals surface area contributed by atoms with Crippen molar-refractivity contribution in [3.63, 3.8) is 0 Å². The predicted molar refractivity (Wildman–Crippen MR) is 133 cm³/mol. The fourth-order valence-corrected chi connectivity index (χ4v) is 5.04. The fourth-order valence-electron chi connectivity index (χ4n) is 4.41. The van der Waals surface area contributed by atoms with Crippen LogP contribution in [0, 0.1) is 0 Å². The predicted octanol–water partition coefficient (Wildman–Crippen LogP) is 4.42. The number of anilines is 1. The first-order valence-corrected chi connectivity index (χ1v) is 13.8. The molecular formula is C25H29N5O5S. The van der Waals surface area contributed by atoms with E-state index in [1.165, 1.54) is 36.7 Å². The summed E-state index contributed by atoms with van der Waals surface area (Å²) in [5.74, 6) is 2.21. The third-order valence-corrected chi connectivity index (χ3v) is 7.56. The van der Waals surface area contributed by atoms with Crippen molar-refractivity contribution in [3.05, 3.63) is 66.1 Å². The topological polar surface area (TPSA) is 120 Å². The zero-order valence-electron chi connectivity index (χ0n) is 20.4. The second-order valence-electron chi connectivity index (χ2n) is 9.30. The molecule has 10 nitrogen and oxygen atoms in total. The Balaban J connectivity index is 1.38. The molecule has 2 aromatic heterocycles. The van der Waals surface area contributed by atoms with Crippen LogP contribution in [0.1, 0.15) is 61.8 Å². The standard InChI is InChI=1S/C25H29N5O5S/c1-16(2)20-14-21(29-28-20)17-8-10-30(11-9-17)23-22(25-33-12-13-34-25)24(27-15-26-23)35-18-4-6-19(7-5-18)36(3,31)32/h4-7,12-17,25H,8-11H2,1-3H3,(H,28,29). The van der Waals surface area contributed by atoms with Gasteiger partial charge in [0, 0.05) is 31.0 Å². The summed E-state index contributed by atoms with van der Waals surface area (Å²) in [7, 11) is -3.30. The van der Waals surface area contributed by atoms with Gasteiger partial charge in [-0.3, -0.25) is 5.10 Å². The van der Waals surface area contributed by atoms with Gasteiger partial charge in [-0.15, -0.1) is 0 Å². The summed E-state index contributed by atoms with van der Waals surface area (Å²) in [5.41, 5.74) is 2.84. The lowest BCUT2D eigenvalue weighted by molar-refractivity contribution is -0.0261. The maximum atomic E-state index is 11.8. The lowest BCUT2D eigenvalue weighted by Crippen LogP contribution is -2.34. The molecule has 0 saturated carbocycles. The Bertz CT molecular complexity index is 1340. The first-order valence-electron chi connectivity index (χ1n) is 11.9. The number of aromatic nitrogens is 4. The Hall–Kier alpha value is -3.60. The average molecular weight is 512 g/mol. The number of sulfone groups is 1. The largest absolute Gasteiger partial charge is 0.455 e. The number of nitrogens with zero attached hydrogens (tertiary/aromatic N) is 4. The normalized spacial score (nSPS) is 16.8. The molecule has 0 atom stereocenters. The Morgan fingerprint density at radius 3 is 2.39 bits per heavy atom. The molecule has 0 unspecified atom stereocenters.